The summed E-state index contributed by atoms with van der Waals surface area (Å²) >= 11 is 1.07. The zero-order chi connectivity index (χ0) is 12.3. The minimum absolute atomic E-state index is 0.0577. The van der Waals surface area contributed by atoms with Crippen molar-refractivity contribution in [2.75, 3.05) is 10.1 Å². The van der Waals surface area contributed by atoms with Gasteiger partial charge in [-0.2, -0.15) is 0 Å². The topological polar surface area (TPSA) is 123 Å². The molecule has 0 aliphatic rings. The number of nitrogens with one attached hydrogen (secondary N) is 2. The van der Waals surface area contributed by atoms with Crippen LogP contribution in [0.2, 0.25) is 0 Å². The van der Waals surface area contributed by atoms with Crippen LogP contribution in [0.3, 0.4) is 0 Å². The first-order valence-corrected chi connectivity index (χ1v) is 6.70. The zero-order valence-electron chi connectivity index (χ0n) is 8.36. The Bertz CT molecular complexity index is 597. The molecule has 0 unspecified atom stereocenters. The molecule has 10 heteroatoms. The third kappa shape index (κ3) is 2.49. The number of rotatable bonds is 4. The summed E-state index contributed by atoms with van der Waals surface area (Å²) in [5.41, 5.74) is 3.64. The van der Waals surface area contributed by atoms with E-state index in [9.17, 15) is 8.42 Å². The number of hydrazine groups is 1. The van der Waals surface area contributed by atoms with Crippen molar-refractivity contribution in [1.82, 2.24) is 15.2 Å². The van der Waals surface area contributed by atoms with E-state index in [1.807, 2.05) is 0 Å². The van der Waals surface area contributed by atoms with Gasteiger partial charge in [-0.25, -0.2) is 19.2 Å². The smallest absolute Gasteiger partial charge is 0.267 e. The molecule has 0 amide bonds. The monoisotopic (exact) mass is 272 g/mol. The lowest BCUT2D eigenvalue weighted by atomic mass is 10.5. The maximum Gasteiger partial charge on any atom is 0.267 e. The first-order valence-electron chi connectivity index (χ1n) is 4.34. The number of anilines is 2. The normalized spacial score (nSPS) is 11.1. The Hall–Kier alpha value is -1.78. The number of aromatic nitrogens is 3. The van der Waals surface area contributed by atoms with Crippen LogP contribution < -0.4 is 16.0 Å². The van der Waals surface area contributed by atoms with Crippen LogP contribution in [-0.4, -0.2) is 23.6 Å². The predicted molar refractivity (Wildman–Crippen MR) is 62.8 cm³/mol. The highest BCUT2D eigenvalue weighted by Crippen LogP contribution is 2.21. The third-order valence-corrected chi connectivity index (χ3v) is 3.89. The molecule has 4 N–H and O–H groups in total. The third-order valence-electron chi connectivity index (χ3n) is 1.78. The Balaban J connectivity index is 2.38. The Kier molecular flexibility index (Phi) is 3.17. The summed E-state index contributed by atoms with van der Waals surface area (Å²) in [7, 11) is -3.77. The van der Waals surface area contributed by atoms with Gasteiger partial charge in [0.25, 0.3) is 10.0 Å². The number of hydrogen-bond donors (Lipinski definition) is 3. The molecule has 0 saturated carbocycles. The summed E-state index contributed by atoms with van der Waals surface area (Å²) in [6, 6.07) is 2.88. The fraction of sp³-hybridized carbons (Fsp3) is 0. The van der Waals surface area contributed by atoms with Gasteiger partial charge in [0.05, 0.1) is 0 Å². The fourth-order valence-electron chi connectivity index (χ4n) is 1.10. The van der Waals surface area contributed by atoms with Gasteiger partial charge in [-0.15, -0.1) is 10.2 Å². The van der Waals surface area contributed by atoms with Gasteiger partial charge in [0.1, 0.15) is 10.4 Å². The van der Waals surface area contributed by atoms with Crippen LogP contribution in [0.15, 0.2) is 28.7 Å². The minimum atomic E-state index is -3.77. The number of nitrogens with zero attached hydrogens (tertiary/aromatic N) is 3. The highest BCUT2D eigenvalue weighted by Gasteiger charge is 2.20. The SMILES string of the molecule is NNc1ncccc1S(=O)(=O)Nc1nncs1. The number of hydrogen-bond acceptors (Lipinski definition) is 8. The molecule has 2 rings (SSSR count). The first kappa shape index (κ1) is 11.7. The van der Waals surface area contributed by atoms with Crippen molar-refractivity contribution in [2.24, 2.45) is 5.84 Å². The molecule has 0 saturated heterocycles. The van der Waals surface area contributed by atoms with E-state index in [1.165, 1.54) is 23.8 Å². The van der Waals surface area contributed by atoms with Crippen LogP contribution in [0.5, 0.6) is 0 Å². The molecule has 0 aromatic carbocycles. The molecule has 8 nitrogen and oxygen atoms in total. The van der Waals surface area contributed by atoms with Gasteiger partial charge in [-0.3, -0.25) is 4.72 Å². The molecule has 0 atom stereocenters. The molecule has 17 heavy (non-hydrogen) atoms. The number of nitrogen functional groups attached to an aromatic ring is 1. The molecular formula is C7H8N6O2S2. The van der Waals surface area contributed by atoms with Gasteiger partial charge in [-0.05, 0) is 12.1 Å². The summed E-state index contributed by atoms with van der Waals surface area (Å²) in [6.07, 6.45) is 1.43. The summed E-state index contributed by atoms with van der Waals surface area (Å²) in [5.74, 6) is 5.25. The summed E-state index contributed by atoms with van der Waals surface area (Å²) in [4.78, 5) is 3.75. The zero-order valence-corrected chi connectivity index (χ0v) is 9.99. The second-order valence-electron chi connectivity index (χ2n) is 2.84. The second-order valence-corrected chi connectivity index (χ2v) is 5.33. The lowest BCUT2D eigenvalue weighted by Crippen LogP contribution is -2.18. The Morgan fingerprint density at radius 2 is 2.24 bits per heavy atom. The van der Waals surface area contributed by atoms with Gasteiger partial charge >= 0.3 is 0 Å². The van der Waals surface area contributed by atoms with Crippen molar-refractivity contribution in [1.29, 1.82) is 0 Å². The molecule has 0 bridgehead atoms. The van der Waals surface area contributed by atoms with Crippen molar-refractivity contribution in [3.05, 3.63) is 23.8 Å². The van der Waals surface area contributed by atoms with Gasteiger partial charge in [0.2, 0.25) is 5.13 Å². The average Bonchev–Trinajstić information content (AvgIpc) is 2.81. The molecule has 2 aromatic rings. The van der Waals surface area contributed by atoms with Crippen LogP contribution in [-0.2, 0) is 10.0 Å². The van der Waals surface area contributed by atoms with Crippen molar-refractivity contribution in [3.63, 3.8) is 0 Å². The van der Waals surface area contributed by atoms with Crippen LogP contribution >= 0.6 is 11.3 Å². The molecule has 0 radical (unpaired) electrons. The van der Waals surface area contributed by atoms with E-state index in [1.54, 1.807) is 0 Å². The predicted octanol–water partition coefficient (Wildman–Crippen LogP) is 0.0195. The largest absolute Gasteiger partial charge is 0.307 e. The van der Waals surface area contributed by atoms with Crippen molar-refractivity contribution < 1.29 is 8.42 Å². The van der Waals surface area contributed by atoms with Crippen molar-refractivity contribution in [3.8, 4) is 0 Å². The lowest BCUT2D eigenvalue weighted by Gasteiger charge is -2.08. The molecular weight excluding hydrogens is 264 g/mol. The van der Waals surface area contributed by atoms with Gasteiger partial charge in [0.15, 0.2) is 5.82 Å². The summed E-state index contributed by atoms with van der Waals surface area (Å²) < 4.78 is 26.2. The average molecular weight is 272 g/mol. The van der Waals surface area contributed by atoms with Gasteiger partial charge < -0.3 is 5.43 Å². The van der Waals surface area contributed by atoms with E-state index in [0.717, 1.165) is 11.3 Å². The molecule has 2 heterocycles. The summed E-state index contributed by atoms with van der Waals surface area (Å²) in [5, 5.41) is 7.29. The standard InChI is InChI=1S/C7H8N6O2S2/c8-11-6-5(2-1-3-9-6)17(14,15)13-7-12-10-4-16-7/h1-4H,8H2,(H,9,11)(H,12,13). The highest BCUT2D eigenvalue weighted by atomic mass is 32.2. The number of nitrogens with two attached hydrogens (primary N) is 1. The number of pyridine rings is 1. The van der Waals surface area contributed by atoms with E-state index in [4.69, 9.17) is 5.84 Å². The van der Waals surface area contributed by atoms with Crippen LogP contribution in [0.25, 0.3) is 0 Å². The van der Waals surface area contributed by atoms with Gasteiger partial charge in [-0.1, -0.05) is 11.3 Å². The molecule has 2 aromatic heterocycles. The van der Waals surface area contributed by atoms with Crippen LogP contribution in [0.4, 0.5) is 10.9 Å². The molecule has 90 valence electrons. The molecule has 0 aliphatic carbocycles. The maximum atomic E-state index is 12.0. The quantitative estimate of drug-likeness (QED) is 0.529. The highest BCUT2D eigenvalue weighted by molar-refractivity contribution is 7.93. The molecule has 0 spiro atoms. The first-order chi connectivity index (χ1) is 8.13. The Labute approximate surface area is 101 Å². The second kappa shape index (κ2) is 4.61. The van der Waals surface area contributed by atoms with E-state index in [2.05, 4.69) is 25.3 Å². The van der Waals surface area contributed by atoms with Gasteiger partial charge in [0, 0.05) is 6.20 Å². The molecule has 0 aliphatic heterocycles. The minimum Gasteiger partial charge on any atom is -0.307 e. The van der Waals surface area contributed by atoms with Crippen LogP contribution in [0.1, 0.15) is 0 Å². The van der Waals surface area contributed by atoms with Crippen molar-refractivity contribution in [2.45, 2.75) is 4.90 Å². The number of sulfonamides is 1. The molecule has 0 fully saturated rings. The van der Waals surface area contributed by atoms with E-state index < -0.39 is 10.0 Å². The summed E-state index contributed by atoms with van der Waals surface area (Å²) in [6.45, 7) is 0. The Morgan fingerprint density at radius 1 is 1.41 bits per heavy atom. The maximum absolute atomic E-state index is 12.0. The fourth-order valence-corrected chi connectivity index (χ4v) is 2.92. The van der Waals surface area contributed by atoms with E-state index >= 15 is 0 Å². The Morgan fingerprint density at radius 3 is 2.88 bits per heavy atom. The van der Waals surface area contributed by atoms with Crippen LogP contribution in [0, 0.1) is 0 Å². The van der Waals surface area contributed by atoms with E-state index in [-0.39, 0.29) is 15.8 Å². The van der Waals surface area contributed by atoms with E-state index in [0.29, 0.717) is 0 Å². The van der Waals surface area contributed by atoms with Crippen molar-refractivity contribution >= 4 is 32.3 Å². The lowest BCUT2D eigenvalue weighted by molar-refractivity contribution is 0.601.